The molecule has 1 heterocycles. The quantitative estimate of drug-likeness (QED) is 0.847. The van der Waals surface area contributed by atoms with Crippen LogP contribution < -0.4 is 4.90 Å². The van der Waals surface area contributed by atoms with Crippen LogP contribution >= 0.6 is 0 Å². The van der Waals surface area contributed by atoms with Gasteiger partial charge in [0.15, 0.2) is 0 Å². The summed E-state index contributed by atoms with van der Waals surface area (Å²) < 4.78 is 27.0. The van der Waals surface area contributed by atoms with Crippen molar-refractivity contribution in [1.82, 2.24) is 4.90 Å². The molecule has 0 unspecified atom stereocenters. The third-order valence-electron chi connectivity index (χ3n) is 4.48. The minimum atomic E-state index is -0.379. The lowest BCUT2D eigenvalue weighted by Crippen LogP contribution is -2.46. The fourth-order valence-electron chi connectivity index (χ4n) is 3.11. The van der Waals surface area contributed by atoms with Crippen molar-refractivity contribution >= 4 is 5.69 Å². The van der Waals surface area contributed by atoms with Gasteiger partial charge in [0.25, 0.3) is 0 Å². The van der Waals surface area contributed by atoms with E-state index in [2.05, 4.69) is 41.8 Å². The molecule has 1 fully saturated rings. The SMILES string of the molecule is Cc1ccc(C)c(N2CCN(Cc3cc(F)ccc3F)CC2)c1. The van der Waals surface area contributed by atoms with Crippen LogP contribution in [0.2, 0.25) is 0 Å². The largest absolute Gasteiger partial charge is 0.369 e. The van der Waals surface area contributed by atoms with Crippen molar-refractivity contribution in [3.05, 3.63) is 64.7 Å². The number of rotatable bonds is 3. The minimum absolute atomic E-state index is 0.330. The Hall–Kier alpha value is -1.94. The second kappa shape index (κ2) is 6.67. The van der Waals surface area contributed by atoms with E-state index in [1.54, 1.807) is 0 Å². The third kappa shape index (κ3) is 3.70. The lowest BCUT2D eigenvalue weighted by Gasteiger charge is -2.37. The average Bonchev–Trinajstić information content (AvgIpc) is 2.54. The zero-order valence-electron chi connectivity index (χ0n) is 13.6. The van der Waals surface area contributed by atoms with Crippen molar-refractivity contribution in [3.8, 4) is 0 Å². The molecule has 4 heteroatoms. The van der Waals surface area contributed by atoms with Gasteiger partial charge < -0.3 is 4.90 Å². The summed E-state index contributed by atoms with van der Waals surface area (Å²) in [4.78, 5) is 4.56. The summed E-state index contributed by atoms with van der Waals surface area (Å²) in [6, 6.07) is 10.2. The molecule has 0 bridgehead atoms. The van der Waals surface area contributed by atoms with Crippen LogP contribution in [-0.4, -0.2) is 31.1 Å². The topological polar surface area (TPSA) is 6.48 Å². The summed E-state index contributed by atoms with van der Waals surface area (Å²) >= 11 is 0. The van der Waals surface area contributed by atoms with Crippen LogP contribution in [0.4, 0.5) is 14.5 Å². The van der Waals surface area contributed by atoms with E-state index in [9.17, 15) is 8.78 Å². The van der Waals surface area contributed by atoms with E-state index in [0.717, 1.165) is 32.2 Å². The summed E-state index contributed by atoms with van der Waals surface area (Å²) in [5.41, 5.74) is 4.25. The van der Waals surface area contributed by atoms with Crippen LogP contribution in [0.15, 0.2) is 36.4 Å². The highest BCUT2D eigenvalue weighted by atomic mass is 19.1. The molecular weight excluding hydrogens is 294 g/mol. The van der Waals surface area contributed by atoms with Gasteiger partial charge in [-0.25, -0.2) is 8.78 Å². The normalized spacial score (nSPS) is 15.9. The summed E-state index contributed by atoms with van der Waals surface area (Å²) in [5.74, 6) is -0.709. The van der Waals surface area contributed by atoms with Crippen molar-refractivity contribution < 1.29 is 8.78 Å². The highest BCUT2D eigenvalue weighted by molar-refractivity contribution is 5.55. The first-order valence-corrected chi connectivity index (χ1v) is 8.01. The number of hydrogen-bond donors (Lipinski definition) is 0. The first-order valence-electron chi connectivity index (χ1n) is 8.01. The molecule has 2 aromatic carbocycles. The Labute approximate surface area is 136 Å². The molecule has 0 radical (unpaired) electrons. The molecule has 0 saturated carbocycles. The van der Waals surface area contributed by atoms with Gasteiger partial charge in [0, 0.05) is 44.0 Å². The van der Waals surface area contributed by atoms with Crippen LogP contribution in [0.1, 0.15) is 16.7 Å². The molecule has 0 atom stereocenters. The van der Waals surface area contributed by atoms with E-state index in [4.69, 9.17) is 0 Å². The molecule has 0 aliphatic carbocycles. The number of hydrogen-bond acceptors (Lipinski definition) is 2. The number of halogens is 2. The molecule has 0 amide bonds. The zero-order chi connectivity index (χ0) is 16.4. The second-order valence-corrected chi connectivity index (χ2v) is 6.29. The standard InChI is InChI=1S/C19H22F2N2/c1-14-3-4-15(2)19(11-14)23-9-7-22(8-10-23)13-16-12-17(20)5-6-18(16)21/h3-6,11-12H,7-10,13H2,1-2H3. The van der Waals surface area contributed by atoms with Crippen LogP contribution in [-0.2, 0) is 6.54 Å². The molecule has 3 rings (SSSR count). The summed E-state index contributed by atoms with van der Waals surface area (Å²) in [5, 5.41) is 0. The first kappa shape index (κ1) is 15.9. The predicted octanol–water partition coefficient (Wildman–Crippen LogP) is 3.90. The Bertz CT molecular complexity index is 692. The van der Waals surface area contributed by atoms with Crippen molar-refractivity contribution in [2.45, 2.75) is 20.4 Å². The maximum Gasteiger partial charge on any atom is 0.127 e. The number of benzene rings is 2. The summed E-state index contributed by atoms with van der Waals surface area (Å²) in [6.07, 6.45) is 0. The van der Waals surface area contributed by atoms with Gasteiger partial charge >= 0.3 is 0 Å². The monoisotopic (exact) mass is 316 g/mol. The van der Waals surface area contributed by atoms with Crippen LogP contribution in [0.25, 0.3) is 0 Å². The smallest absolute Gasteiger partial charge is 0.127 e. The zero-order valence-corrected chi connectivity index (χ0v) is 13.6. The van der Waals surface area contributed by atoms with Gasteiger partial charge in [-0.2, -0.15) is 0 Å². The van der Waals surface area contributed by atoms with Gasteiger partial charge in [-0.05, 0) is 49.2 Å². The molecule has 2 aromatic rings. The Morgan fingerprint density at radius 2 is 1.65 bits per heavy atom. The Morgan fingerprint density at radius 1 is 0.913 bits per heavy atom. The highest BCUT2D eigenvalue weighted by Gasteiger charge is 2.19. The minimum Gasteiger partial charge on any atom is -0.369 e. The van der Waals surface area contributed by atoms with Crippen molar-refractivity contribution in [3.63, 3.8) is 0 Å². The molecular formula is C19H22F2N2. The summed E-state index contributed by atoms with van der Waals surface area (Å²) in [6.45, 7) is 8.20. The maximum atomic E-state index is 13.8. The van der Waals surface area contributed by atoms with E-state index < -0.39 is 0 Å². The van der Waals surface area contributed by atoms with E-state index in [1.807, 2.05) is 0 Å². The van der Waals surface area contributed by atoms with Crippen molar-refractivity contribution in [2.75, 3.05) is 31.1 Å². The lowest BCUT2D eigenvalue weighted by molar-refractivity contribution is 0.246. The molecule has 23 heavy (non-hydrogen) atoms. The lowest BCUT2D eigenvalue weighted by atomic mass is 10.1. The molecule has 2 nitrogen and oxygen atoms in total. The first-order chi connectivity index (χ1) is 11.0. The van der Waals surface area contributed by atoms with Crippen LogP contribution in [0.5, 0.6) is 0 Å². The highest BCUT2D eigenvalue weighted by Crippen LogP contribution is 2.23. The number of anilines is 1. The van der Waals surface area contributed by atoms with Crippen LogP contribution in [0, 0.1) is 25.5 Å². The van der Waals surface area contributed by atoms with E-state index >= 15 is 0 Å². The number of piperazine rings is 1. The molecule has 0 spiro atoms. The Kier molecular flexibility index (Phi) is 4.62. The van der Waals surface area contributed by atoms with Gasteiger partial charge in [0.2, 0.25) is 0 Å². The van der Waals surface area contributed by atoms with Gasteiger partial charge in [-0.15, -0.1) is 0 Å². The van der Waals surface area contributed by atoms with Gasteiger partial charge in [0.1, 0.15) is 11.6 Å². The van der Waals surface area contributed by atoms with E-state index in [0.29, 0.717) is 12.1 Å². The van der Waals surface area contributed by atoms with Gasteiger partial charge in [-0.1, -0.05) is 12.1 Å². The molecule has 1 saturated heterocycles. The average molecular weight is 316 g/mol. The van der Waals surface area contributed by atoms with E-state index in [-0.39, 0.29) is 11.6 Å². The van der Waals surface area contributed by atoms with Crippen LogP contribution in [0.3, 0.4) is 0 Å². The third-order valence-corrected chi connectivity index (χ3v) is 4.48. The molecule has 1 aliphatic rings. The fraction of sp³-hybridized carbons (Fsp3) is 0.368. The molecule has 1 aliphatic heterocycles. The Morgan fingerprint density at radius 3 is 2.39 bits per heavy atom. The van der Waals surface area contributed by atoms with Crippen molar-refractivity contribution in [2.24, 2.45) is 0 Å². The summed E-state index contributed by atoms with van der Waals surface area (Å²) in [7, 11) is 0. The second-order valence-electron chi connectivity index (χ2n) is 6.29. The fourth-order valence-corrected chi connectivity index (χ4v) is 3.11. The molecule has 0 aromatic heterocycles. The maximum absolute atomic E-state index is 13.8. The van der Waals surface area contributed by atoms with Crippen molar-refractivity contribution in [1.29, 1.82) is 0 Å². The predicted molar refractivity (Wildman–Crippen MR) is 89.8 cm³/mol. The molecule has 122 valence electrons. The number of aryl methyl sites for hydroxylation is 2. The van der Waals surface area contributed by atoms with E-state index in [1.165, 1.54) is 28.9 Å². The van der Waals surface area contributed by atoms with Gasteiger partial charge in [0.05, 0.1) is 0 Å². The van der Waals surface area contributed by atoms with Gasteiger partial charge in [-0.3, -0.25) is 4.90 Å². The Balaban J connectivity index is 1.64. The number of nitrogens with zero attached hydrogens (tertiary/aromatic N) is 2. The molecule has 0 N–H and O–H groups in total.